The molecule has 0 saturated heterocycles. The van der Waals surface area contributed by atoms with Crippen LogP contribution in [0.1, 0.15) is 24.0 Å². The van der Waals surface area contributed by atoms with Crippen LogP contribution < -0.4 is 9.21 Å². The number of hydrogen-bond donors (Lipinski definition) is 0. The summed E-state index contributed by atoms with van der Waals surface area (Å²) in [4.78, 5) is 14.0. The molecule has 0 aliphatic rings. The fourth-order valence-electron chi connectivity index (χ4n) is 2.79. The van der Waals surface area contributed by atoms with Crippen LogP contribution in [0.2, 0.25) is 0 Å². The van der Waals surface area contributed by atoms with Crippen molar-refractivity contribution < 1.29 is 13.2 Å². The predicted molar refractivity (Wildman–Crippen MR) is 107 cm³/mol. The molecule has 0 N–H and O–H groups in total. The first-order valence-corrected chi connectivity index (χ1v) is 10.4. The predicted octanol–water partition coefficient (Wildman–Crippen LogP) is 3.51. The average molecular weight is 375 g/mol. The van der Waals surface area contributed by atoms with Crippen LogP contribution in [-0.4, -0.2) is 34.2 Å². The molecule has 0 aliphatic heterocycles. The maximum absolute atomic E-state index is 12.4. The smallest absolute Gasteiger partial charge is 0.232 e. The molecule has 0 aromatic heterocycles. The Morgan fingerprint density at radius 3 is 2.31 bits per heavy atom. The second-order valence-corrected chi connectivity index (χ2v) is 8.42. The fraction of sp³-hybridized carbons (Fsp3) is 0.350. The van der Waals surface area contributed by atoms with E-state index in [4.69, 9.17) is 0 Å². The van der Waals surface area contributed by atoms with E-state index < -0.39 is 10.0 Å². The highest BCUT2D eigenvalue weighted by atomic mass is 32.2. The molecule has 0 atom stereocenters. The van der Waals surface area contributed by atoms with Crippen LogP contribution >= 0.6 is 0 Å². The first-order valence-electron chi connectivity index (χ1n) is 8.56. The number of carbonyl (C=O) groups is 1. The topological polar surface area (TPSA) is 57.7 Å². The first-order chi connectivity index (χ1) is 12.2. The SMILES string of the molecule is Cc1ccc(C)c(N(CCCC(=O)N(C)c2ccccc2)S(C)(=O)=O)c1. The van der Waals surface area contributed by atoms with Crippen molar-refractivity contribution >= 4 is 27.3 Å². The molecule has 140 valence electrons. The number of para-hydroxylation sites is 1. The van der Waals surface area contributed by atoms with Crippen LogP contribution in [0.25, 0.3) is 0 Å². The van der Waals surface area contributed by atoms with E-state index in [0.29, 0.717) is 12.1 Å². The molecule has 0 unspecified atom stereocenters. The molecule has 0 saturated carbocycles. The lowest BCUT2D eigenvalue weighted by atomic mass is 10.1. The maximum Gasteiger partial charge on any atom is 0.232 e. The fourth-order valence-corrected chi connectivity index (χ4v) is 3.80. The zero-order valence-electron chi connectivity index (χ0n) is 15.8. The van der Waals surface area contributed by atoms with Gasteiger partial charge in [-0.2, -0.15) is 0 Å². The van der Waals surface area contributed by atoms with Crippen molar-refractivity contribution in [3.63, 3.8) is 0 Å². The summed E-state index contributed by atoms with van der Waals surface area (Å²) in [6, 6.07) is 15.1. The van der Waals surface area contributed by atoms with Crippen molar-refractivity contribution in [1.29, 1.82) is 0 Å². The molecule has 0 bridgehead atoms. The molecular formula is C20H26N2O3S. The van der Waals surface area contributed by atoms with Gasteiger partial charge in [0.15, 0.2) is 0 Å². The van der Waals surface area contributed by atoms with Gasteiger partial charge in [0.25, 0.3) is 0 Å². The van der Waals surface area contributed by atoms with E-state index in [1.165, 1.54) is 10.6 Å². The van der Waals surface area contributed by atoms with Crippen molar-refractivity contribution in [2.75, 3.05) is 29.1 Å². The molecule has 0 aliphatic carbocycles. The zero-order chi connectivity index (χ0) is 19.3. The van der Waals surface area contributed by atoms with Gasteiger partial charge in [-0.25, -0.2) is 8.42 Å². The monoisotopic (exact) mass is 374 g/mol. The minimum Gasteiger partial charge on any atom is -0.316 e. The average Bonchev–Trinajstić information content (AvgIpc) is 2.60. The Hall–Kier alpha value is -2.34. The van der Waals surface area contributed by atoms with Gasteiger partial charge in [-0.3, -0.25) is 9.10 Å². The maximum atomic E-state index is 12.4. The number of amides is 1. The highest BCUT2D eigenvalue weighted by molar-refractivity contribution is 7.92. The Morgan fingerprint density at radius 1 is 1.04 bits per heavy atom. The lowest BCUT2D eigenvalue weighted by Crippen LogP contribution is -2.33. The van der Waals surface area contributed by atoms with E-state index >= 15 is 0 Å². The van der Waals surface area contributed by atoms with Gasteiger partial charge in [0.1, 0.15) is 0 Å². The summed E-state index contributed by atoms with van der Waals surface area (Å²) in [5, 5.41) is 0. The normalized spacial score (nSPS) is 11.2. The summed E-state index contributed by atoms with van der Waals surface area (Å²) >= 11 is 0. The van der Waals surface area contributed by atoms with Gasteiger partial charge in [0.05, 0.1) is 11.9 Å². The van der Waals surface area contributed by atoms with Crippen molar-refractivity contribution in [1.82, 2.24) is 0 Å². The van der Waals surface area contributed by atoms with Gasteiger partial charge in [-0.05, 0) is 49.6 Å². The van der Waals surface area contributed by atoms with Crippen LogP contribution in [0.15, 0.2) is 48.5 Å². The summed E-state index contributed by atoms with van der Waals surface area (Å²) in [7, 11) is -1.69. The third kappa shape index (κ3) is 5.08. The van der Waals surface area contributed by atoms with E-state index in [0.717, 1.165) is 16.8 Å². The summed E-state index contributed by atoms with van der Waals surface area (Å²) in [5.74, 6) is -0.0365. The number of rotatable bonds is 7. The molecule has 0 heterocycles. The number of carbonyl (C=O) groups excluding carboxylic acids is 1. The Labute approximate surface area is 156 Å². The number of anilines is 2. The van der Waals surface area contributed by atoms with Gasteiger partial charge in [-0.1, -0.05) is 30.3 Å². The third-order valence-electron chi connectivity index (χ3n) is 4.30. The van der Waals surface area contributed by atoms with Gasteiger partial charge >= 0.3 is 0 Å². The van der Waals surface area contributed by atoms with Crippen LogP contribution in [0, 0.1) is 13.8 Å². The van der Waals surface area contributed by atoms with E-state index in [9.17, 15) is 13.2 Å². The number of benzene rings is 2. The second-order valence-electron chi connectivity index (χ2n) is 6.52. The van der Waals surface area contributed by atoms with Gasteiger partial charge < -0.3 is 4.90 Å². The van der Waals surface area contributed by atoms with Crippen LogP contribution in [-0.2, 0) is 14.8 Å². The Morgan fingerprint density at radius 2 is 1.69 bits per heavy atom. The summed E-state index contributed by atoms with van der Waals surface area (Å²) in [6.45, 7) is 4.10. The quantitative estimate of drug-likeness (QED) is 0.745. The largest absolute Gasteiger partial charge is 0.316 e. The van der Waals surface area contributed by atoms with E-state index in [1.54, 1.807) is 11.9 Å². The number of sulfonamides is 1. The Kier molecular flexibility index (Phi) is 6.42. The highest BCUT2D eigenvalue weighted by Crippen LogP contribution is 2.24. The molecule has 0 radical (unpaired) electrons. The molecule has 26 heavy (non-hydrogen) atoms. The van der Waals surface area contributed by atoms with Crippen LogP contribution in [0.3, 0.4) is 0 Å². The highest BCUT2D eigenvalue weighted by Gasteiger charge is 2.20. The first kappa shape index (κ1) is 20.0. The zero-order valence-corrected chi connectivity index (χ0v) is 16.6. The van der Waals surface area contributed by atoms with E-state index in [1.807, 2.05) is 62.4 Å². The molecular weight excluding hydrogens is 348 g/mol. The van der Waals surface area contributed by atoms with Gasteiger partial charge in [0, 0.05) is 25.7 Å². The minimum absolute atomic E-state index is 0.0365. The molecule has 1 amide bonds. The number of aryl methyl sites for hydroxylation is 2. The van der Waals surface area contributed by atoms with E-state index in [-0.39, 0.29) is 18.9 Å². The molecule has 2 aromatic rings. The molecule has 0 spiro atoms. The standard InChI is InChI=1S/C20H26N2O3S/c1-16-12-13-17(2)19(15-16)22(26(4,24)25)14-8-11-20(23)21(3)18-9-6-5-7-10-18/h5-7,9-10,12-13,15H,8,11,14H2,1-4H3. The van der Waals surface area contributed by atoms with Gasteiger partial charge in [-0.15, -0.1) is 0 Å². The van der Waals surface area contributed by atoms with E-state index in [2.05, 4.69) is 0 Å². The molecule has 6 heteroatoms. The third-order valence-corrected chi connectivity index (χ3v) is 5.48. The summed E-state index contributed by atoms with van der Waals surface area (Å²) < 4.78 is 25.9. The molecule has 5 nitrogen and oxygen atoms in total. The lowest BCUT2D eigenvalue weighted by molar-refractivity contribution is -0.118. The van der Waals surface area contributed by atoms with Crippen molar-refractivity contribution in [2.24, 2.45) is 0 Å². The van der Waals surface area contributed by atoms with Crippen molar-refractivity contribution in [2.45, 2.75) is 26.7 Å². The van der Waals surface area contributed by atoms with Gasteiger partial charge in [0.2, 0.25) is 15.9 Å². The molecule has 2 aromatic carbocycles. The molecule has 0 fully saturated rings. The minimum atomic E-state index is -3.42. The number of hydrogen-bond acceptors (Lipinski definition) is 3. The lowest BCUT2D eigenvalue weighted by Gasteiger charge is -2.25. The molecule has 2 rings (SSSR count). The van der Waals surface area contributed by atoms with Crippen LogP contribution in [0.4, 0.5) is 11.4 Å². The summed E-state index contributed by atoms with van der Waals surface area (Å²) in [6.07, 6.45) is 1.94. The number of nitrogens with zero attached hydrogens (tertiary/aromatic N) is 2. The summed E-state index contributed by atoms with van der Waals surface area (Å²) in [5.41, 5.74) is 3.40. The second kappa shape index (κ2) is 8.36. The Balaban J connectivity index is 2.07. The van der Waals surface area contributed by atoms with Crippen molar-refractivity contribution in [3.8, 4) is 0 Å². The van der Waals surface area contributed by atoms with Crippen molar-refractivity contribution in [3.05, 3.63) is 59.7 Å². The van der Waals surface area contributed by atoms with Crippen LogP contribution in [0.5, 0.6) is 0 Å². The Bertz CT molecular complexity index is 864.